The van der Waals surface area contributed by atoms with Crippen LogP contribution in [0.15, 0.2) is 36.9 Å². The van der Waals surface area contributed by atoms with Crippen molar-refractivity contribution in [1.29, 1.82) is 0 Å². The van der Waals surface area contributed by atoms with Crippen molar-refractivity contribution < 1.29 is 0 Å². The first-order valence-corrected chi connectivity index (χ1v) is 7.14. The zero-order valence-electron chi connectivity index (χ0n) is 11.0. The molecule has 9 heteroatoms. The van der Waals surface area contributed by atoms with E-state index in [0.717, 1.165) is 9.26 Å². The molecule has 0 radical (unpaired) electrons. The molecule has 0 spiro atoms. The van der Waals surface area contributed by atoms with Crippen LogP contribution in [-0.2, 0) is 0 Å². The first-order chi connectivity index (χ1) is 10.2. The zero-order valence-corrected chi connectivity index (χ0v) is 13.2. The number of aromatic nitrogens is 6. The van der Waals surface area contributed by atoms with Crippen LogP contribution in [0.5, 0.6) is 0 Å². The third-order valence-electron chi connectivity index (χ3n) is 2.57. The van der Waals surface area contributed by atoms with E-state index >= 15 is 0 Å². The fraction of sp³-hybridized carbons (Fsp3) is 0.0833. The highest BCUT2D eigenvalue weighted by Crippen LogP contribution is 2.16. The maximum atomic E-state index is 4.33. The highest BCUT2D eigenvalue weighted by atomic mass is 127. The van der Waals surface area contributed by atoms with Crippen molar-refractivity contribution in [2.75, 3.05) is 17.7 Å². The fourth-order valence-electron chi connectivity index (χ4n) is 1.61. The largest absolute Gasteiger partial charge is 0.357 e. The maximum Gasteiger partial charge on any atom is 0.258 e. The van der Waals surface area contributed by atoms with Gasteiger partial charge in [-0.25, -0.2) is 4.98 Å². The van der Waals surface area contributed by atoms with Gasteiger partial charge in [0.25, 0.3) is 5.95 Å². The van der Waals surface area contributed by atoms with Crippen molar-refractivity contribution in [3.8, 4) is 5.95 Å². The molecule has 21 heavy (non-hydrogen) atoms. The molecule has 0 aliphatic carbocycles. The molecule has 0 unspecified atom stereocenters. The molecule has 0 aliphatic heterocycles. The van der Waals surface area contributed by atoms with Gasteiger partial charge in [0, 0.05) is 16.3 Å². The molecular formula is C12H11IN8. The van der Waals surface area contributed by atoms with Crippen molar-refractivity contribution in [1.82, 2.24) is 29.7 Å². The summed E-state index contributed by atoms with van der Waals surface area (Å²) in [6.07, 6.45) is 2.96. The first kappa shape index (κ1) is 13.7. The molecule has 0 amide bonds. The molecule has 0 atom stereocenters. The van der Waals surface area contributed by atoms with Crippen LogP contribution in [0, 0.1) is 3.57 Å². The fourth-order valence-corrected chi connectivity index (χ4v) is 1.97. The second-order valence-electron chi connectivity index (χ2n) is 4.00. The van der Waals surface area contributed by atoms with Gasteiger partial charge in [-0.1, -0.05) is 0 Å². The summed E-state index contributed by atoms with van der Waals surface area (Å²) in [5.41, 5.74) is 0.896. The molecule has 0 bridgehead atoms. The topological polar surface area (TPSA) is 93.4 Å². The van der Waals surface area contributed by atoms with E-state index < -0.39 is 0 Å². The summed E-state index contributed by atoms with van der Waals surface area (Å²) < 4.78 is 2.63. The summed E-state index contributed by atoms with van der Waals surface area (Å²) in [5, 5.41) is 10.1. The molecule has 8 nitrogen and oxygen atoms in total. The number of benzene rings is 1. The van der Waals surface area contributed by atoms with Crippen LogP contribution >= 0.6 is 22.6 Å². The Bertz CT molecular complexity index is 726. The minimum atomic E-state index is 0.389. The lowest BCUT2D eigenvalue weighted by Crippen LogP contribution is -2.09. The average molecular weight is 394 g/mol. The van der Waals surface area contributed by atoms with E-state index in [-0.39, 0.29) is 0 Å². The van der Waals surface area contributed by atoms with E-state index in [9.17, 15) is 0 Å². The first-order valence-electron chi connectivity index (χ1n) is 6.06. The standard InChI is InChI=1S/C12H11IN8/c1-14-10-18-11(17-9-4-2-8(13)3-5-9)20-12(19-10)21-7-15-6-16-21/h2-7H,1H3,(H2,14,17,18,19,20). The highest BCUT2D eigenvalue weighted by molar-refractivity contribution is 14.1. The van der Waals surface area contributed by atoms with Gasteiger partial charge in [0.2, 0.25) is 11.9 Å². The number of hydrogen-bond acceptors (Lipinski definition) is 7. The summed E-state index contributed by atoms with van der Waals surface area (Å²) >= 11 is 2.25. The van der Waals surface area contributed by atoms with Crippen molar-refractivity contribution in [2.45, 2.75) is 0 Å². The molecule has 106 valence electrons. The number of anilines is 3. The van der Waals surface area contributed by atoms with Gasteiger partial charge in [-0.3, -0.25) is 0 Å². The van der Waals surface area contributed by atoms with E-state index in [1.807, 2.05) is 24.3 Å². The van der Waals surface area contributed by atoms with Crippen LogP contribution in [0.25, 0.3) is 5.95 Å². The van der Waals surface area contributed by atoms with E-state index in [0.29, 0.717) is 17.8 Å². The lowest BCUT2D eigenvalue weighted by atomic mass is 10.3. The van der Waals surface area contributed by atoms with Crippen molar-refractivity contribution in [3.63, 3.8) is 0 Å². The zero-order chi connectivity index (χ0) is 14.7. The SMILES string of the molecule is CNc1nc(Nc2ccc(I)cc2)nc(-n2cncn2)n1. The number of nitrogens with one attached hydrogen (secondary N) is 2. The van der Waals surface area contributed by atoms with Gasteiger partial charge in [-0.05, 0) is 46.9 Å². The summed E-state index contributed by atoms with van der Waals surface area (Å²) in [5.74, 6) is 1.27. The second kappa shape index (κ2) is 5.99. The number of halogens is 1. The molecule has 2 heterocycles. The number of hydrogen-bond donors (Lipinski definition) is 2. The normalized spacial score (nSPS) is 10.4. The van der Waals surface area contributed by atoms with Crippen LogP contribution in [0.1, 0.15) is 0 Å². The molecule has 0 saturated carbocycles. The number of nitrogens with zero attached hydrogens (tertiary/aromatic N) is 6. The molecule has 0 saturated heterocycles. The molecule has 0 aliphatic rings. The van der Waals surface area contributed by atoms with E-state index in [1.54, 1.807) is 7.05 Å². The predicted molar refractivity (Wildman–Crippen MR) is 86.7 cm³/mol. The maximum absolute atomic E-state index is 4.33. The Hall–Kier alpha value is -2.30. The molecule has 2 N–H and O–H groups in total. The van der Waals surface area contributed by atoms with Gasteiger partial charge < -0.3 is 10.6 Å². The molecule has 0 fully saturated rings. The van der Waals surface area contributed by atoms with Crippen molar-refractivity contribution in [3.05, 3.63) is 40.5 Å². The van der Waals surface area contributed by atoms with Crippen LogP contribution in [0.3, 0.4) is 0 Å². The number of rotatable bonds is 4. The van der Waals surface area contributed by atoms with Crippen LogP contribution in [-0.4, -0.2) is 36.8 Å². The van der Waals surface area contributed by atoms with Gasteiger partial charge in [0.05, 0.1) is 0 Å². The Balaban J connectivity index is 1.94. The average Bonchev–Trinajstić information content (AvgIpc) is 3.04. The van der Waals surface area contributed by atoms with E-state index in [1.165, 1.54) is 17.3 Å². The highest BCUT2D eigenvalue weighted by Gasteiger charge is 2.08. The summed E-state index contributed by atoms with van der Waals surface area (Å²) in [7, 11) is 1.75. The lowest BCUT2D eigenvalue weighted by Gasteiger charge is -2.08. The lowest BCUT2D eigenvalue weighted by molar-refractivity contribution is 0.798. The quantitative estimate of drug-likeness (QED) is 0.653. The van der Waals surface area contributed by atoms with Crippen molar-refractivity contribution in [2.24, 2.45) is 0 Å². The Labute approximate surface area is 134 Å². The van der Waals surface area contributed by atoms with Gasteiger partial charge in [0.15, 0.2) is 0 Å². The van der Waals surface area contributed by atoms with Gasteiger partial charge in [-0.15, -0.1) is 0 Å². The second-order valence-corrected chi connectivity index (χ2v) is 5.25. The minimum Gasteiger partial charge on any atom is -0.357 e. The Morgan fingerprint density at radius 3 is 2.48 bits per heavy atom. The predicted octanol–water partition coefficient (Wildman–Crippen LogP) is 1.84. The third-order valence-corrected chi connectivity index (χ3v) is 3.29. The third kappa shape index (κ3) is 3.24. The van der Waals surface area contributed by atoms with Crippen molar-refractivity contribution >= 4 is 40.2 Å². The molecular weight excluding hydrogens is 383 g/mol. The van der Waals surface area contributed by atoms with Crippen LogP contribution in [0.4, 0.5) is 17.6 Å². The summed E-state index contributed by atoms with van der Waals surface area (Å²) in [6, 6.07) is 7.92. The molecule has 3 aromatic rings. The smallest absolute Gasteiger partial charge is 0.258 e. The van der Waals surface area contributed by atoms with Gasteiger partial charge in [0.1, 0.15) is 12.7 Å². The minimum absolute atomic E-state index is 0.389. The molecule has 2 aromatic heterocycles. The summed E-state index contributed by atoms with van der Waals surface area (Å²) in [4.78, 5) is 16.7. The monoisotopic (exact) mass is 394 g/mol. The Morgan fingerprint density at radius 2 is 1.81 bits per heavy atom. The summed E-state index contributed by atoms with van der Waals surface area (Å²) in [6.45, 7) is 0. The molecule has 1 aromatic carbocycles. The Kier molecular flexibility index (Phi) is 3.90. The van der Waals surface area contributed by atoms with Gasteiger partial charge >= 0.3 is 0 Å². The van der Waals surface area contributed by atoms with E-state index in [2.05, 4.69) is 58.3 Å². The van der Waals surface area contributed by atoms with Crippen LogP contribution in [0.2, 0.25) is 0 Å². The van der Waals surface area contributed by atoms with E-state index in [4.69, 9.17) is 0 Å². The van der Waals surface area contributed by atoms with Gasteiger partial charge in [-0.2, -0.15) is 24.7 Å². The molecule has 3 rings (SSSR count). The van der Waals surface area contributed by atoms with Crippen LogP contribution < -0.4 is 10.6 Å². The Morgan fingerprint density at radius 1 is 1.05 bits per heavy atom.